The molecule has 0 atom stereocenters. The second kappa shape index (κ2) is 10.2. The van der Waals surface area contributed by atoms with Crippen molar-refractivity contribution in [3.63, 3.8) is 0 Å². The zero-order valence-electron chi connectivity index (χ0n) is 19.0. The van der Waals surface area contributed by atoms with Crippen molar-refractivity contribution in [2.75, 3.05) is 45.3 Å². The van der Waals surface area contributed by atoms with Crippen LogP contribution < -0.4 is 14.4 Å². The first-order valence-electron chi connectivity index (χ1n) is 10.5. The first-order chi connectivity index (χ1) is 17.1. The van der Waals surface area contributed by atoms with Crippen LogP contribution in [0, 0.1) is 29.1 Å². The number of anilines is 1. The lowest BCUT2D eigenvalue weighted by molar-refractivity contribution is 0.344. The summed E-state index contributed by atoms with van der Waals surface area (Å²) in [5, 5.41) is 2.44. The summed E-state index contributed by atoms with van der Waals surface area (Å²) >= 11 is 1.33. The van der Waals surface area contributed by atoms with Gasteiger partial charge in [-0.15, -0.1) is 11.3 Å². The Morgan fingerprint density at radius 2 is 1.53 bits per heavy atom. The topological polar surface area (TPSA) is 72.0 Å². The van der Waals surface area contributed by atoms with E-state index in [0.717, 1.165) is 11.3 Å². The van der Waals surface area contributed by atoms with Crippen molar-refractivity contribution in [2.45, 2.75) is 11.3 Å². The van der Waals surface area contributed by atoms with Gasteiger partial charge in [0, 0.05) is 43.5 Å². The van der Waals surface area contributed by atoms with Crippen molar-refractivity contribution >= 4 is 26.5 Å². The van der Waals surface area contributed by atoms with Gasteiger partial charge in [0.05, 0.1) is 19.9 Å². The maximum Gasteiger partial charge on any atom is 0.249 e. The molecule has 1 aromatic heterocycles. The molecule has 0 spiro atoms. The standard InChI is InChI=1S/C22H20F5N3O4S2/c1-33-14-3-4-15(34-2)12(10-14)9-13-11-35-22(28-13)29-5-7-30(8-6-29)36(31,32)21-19(26)17(24)16(23)18(25)20(21)27/h3-4,10-11H,5-9H2,1-2H3. The molecule has 0 bridgehead atoms. The van der Waals surface area contributed by atoms with E-state index >= 15 is 0 Å². The summed E-state index contributed by atoms with van der Waals surface area (Å²) in [4.78, 5) is 4.51. The van der Waals surface area contributed by atoms with E-state index in [0.29, 0.717) is 27.4 Å². The summed E-state index contributed by atoms with van der Waals surface area (Å²) in [6, 6.07) is 5.39. The molecule has 36 heavy (non-hydrogen) atoms. The molecule has 194 valence electrons. The Hall–Kier alpha value is -2.97. The molecule has 0 saturated carbocycles. The summed E-state index contributed by atoms with van der Waals surface area (Å²) < 4.78 is 105. The molecular formula is C22H20F5N3O4S2. The number of hydrogen-bond acceptors (Lipinski definition) is 7. The molecule has 0 aliphatic carbocycles. The highest BCUT2D eigenvalue weighted by atomic mass is 32.2. The Kier molecular flexibility index (Phi) is 7.38. The second-order valence-corrected chi connectivity index (χ2v) is 10.5. The van der Waals surface area contributed by atoms with Crippen molar-refractivity contribution in [2.24, 2.45) is 0 Å². The van der Waals surface area contributed by atoms with Crippen molar-refractivity contribution in [3.8, 4) is 11.5 Å². The number of sulfonamides is 1. The largest absolute Gasteiger partial charge is 0.497 e. The first kappa shape index (κ1) is 26.1. The molecule has 3 aromatic rings. The van der Waals surface area contributed by atoms with Gasteiger partial charge in [0.2, 0.25) is 15.8 Å². The third kappa shape index (κ3) is 4.72. The van der Waals surface area contributed by atoms with Gasteiger partial charge >= 0.3 is 0 Å². The normalized spacial score (nSPS) is 14.8. The van der Waals surface area contributed by atoms with Crippen LogP contribution in [0.3, 0.4) is 0 Å². The van der Waals surface area contributed by atoms with Crippen LogP contribution in [0.2, 0.25) is 0 Å². The van der Waals surface area contributed by atoms with Gasteiger partial charge in [0.1, 0.15) is 11.5 Å². The van der Waals surface area contributed by atoms with Gasteiger partial charge in [0.15, 0.2) is 33.3 Å². The maximum absolute atomic E-state index is 14.1. The first-order valence-corrected chi connectivity index (χ1v) is 12.8. The quantitative estimate of drug-likeness (QED) is 0.253. The van der Waals surface area contributed by atoms with Crippen molar-refractivity contribution in [3.05, 3.63) is 63.9 Å². The number of thiazole rings is 1. The van der Waals surface area contributed by atoms with Crippen molar-refractivity contribution in [1.29, 1.82) is 0 Å². The van der Waals surface area contributed by atoms with Crippen LogP contribution in [0.4, 0.5) is 27.1 Å². The van der Waals surface area contributed by atoms with Crippen molar-refractivity contribution in [1.82, 2.24) is 9.29 Å². The smallest absolute Gasteiger partial charge is 0.249 e. The Morgan fingerprint density at radius 3 is 2.11 bits per heavy atom. The Bertz CT molecular complexity index is 1360. The number of nitrogens with zero attached hydrogens (tertiary/aromatic N) is 3. The lowest BCUT2D eigenvalue weighted by Gasteiger charge is -2.33. The Balaban J connectivity index is 1.48. The summed E-state index contributed by atoms with van der Waals surface area (Å²) in [6.45, 7) is -0.269. The molecular weight excluding hydrogens is 529 g/mol. The van der Waals surface area contributed by atoms with Gasteiger partial charge in [-0.2, -0.15) is 4.31 Å². The minimum atomic E-state index is -4.97. The third-order valence-electron chi connectivity index (χ3n) is 5.68. The molecule has 4 rings (SSSR count). The molecule has 2 heterocycles. The predicted molar refractivity (Wildman–Crippen MR) is 122 cm³/mol. The lowest BCUT2D eigenvalue weighted by atomic mass is 10.1. The van der Waals surface area contributed by atoms with Gasteiger partial charge in [-0.3, -0.25) is 0 Å². The number of ether oxygens (including phenoxy) is 2. The third-order valence-corrected chi connectivity index (χ3v) is 8.54. The van der Waals surface area contributed by atoms with Gasteiger partial charge in [0.25, 0.3) is 0 Å². The van der Waals surface area contributed by atoms with E-state index in [1.165, 1.54) is 11.3 Å². The van der Waals surface area contributed by atoms with E-state index in [4.69, 9.17) is 9.47 Å². The van der Waals surface area contributed by atoms with E-state index in [-0.39, 0.29) is 26.2 Å². The number of aromatic nitrogens is 1. The zero-order chi connectivity index (χ0) is 26.2. The summed E-state index contributed by atoms with van der Waals surface area (Å²) in [6.07, 6.45) is 0.450. The molecule has 0 N–H and O–H groups in total. The summed E-state index contributed by atoms with van der Waals surface area (Å²) in [5.41, 5.74) is 1.59. The number of hydrogen-bond donors (Lipinski definition) is 0. The molecule has 0 radical (unpaired) electrons. The van der Waals surface area contributed by atoms with Crippen LogP contribution >= 0.6 is 11.3 Å². The fourth-order valence-corrected chi connectivity index (χ4v) is 6.21. The molecule has 2 aromatic carbocycles. The maximum atomic E-state index is 14.1. The summed E-state index contributed by atoms with van der Waals surface area (Å²) in [5.74, 6) is -10.5. The van der Waals surface area contributed by atoms with Crippen molar-refractivity contribution < 1.29 is 39.8 Å². The summed E-state index contributed by atoms with van der Waals surface area (Å²) in [7, 11) is -1.87. The Morgan fingerprint density at radius 1 is 0.917 bits per heavy atom. The molecule has 1 aliphatic rings. The number of methoxy groups -OCH3 is 2. The van der Waals surface area contributed by atoms with Gasteiger partial charge in [-0.1, -0.05) is 0 Å². The highest BCUT2D eigenvalue weighted by Gasteiger charge is 2.38. The Labute approximate surface area is 207 Å². The number of rotatable bonds is 7. The van der Waals surface area contributed by atoms with E-state index in [1.807, 2.05) is 11.4 Å². The SMILES string of the molecule is COc1ccc(OC)c(Cc2csc(N3CCN(S(=O)(=O)c4c(F)c(F)c(F)c(F)c4F)CC3)n2)c1. The predicted octanol–water partition coefficient (Wildman–Crippen LogP) is 3.96. The zero-order valence-corrected chi connectivity index (χ0v) is 20.7. The second-order valence-electron chi connectivity index (χ2n) is 7.77. The van der Waals surface area contributed by atoms with E-state index in [1.54, 1.807) is 31.3 Å². The average Bonchev–Trinajstić information content (AvgIpc) is 3.34. The molecule has 1 saturated heterocycles. The van der Waals surface area contributed by atoms with Crippen LogP contribution in [0.5, 0.6) is 11.5 Å². The van der Waals surface area contributed by atoms with E-state index < -0.39 is 44.0 Å². The van der Waals surface area contributed by atoms with E-state index in [2.05, 4.69) is 4.98 Å². The fourth-order valence-electron chi connectivity index (χ4n) is 3.80. The fraction of sp³-hybridized carbons (Fsp3) is 0.318. The number of halogens is 5. The molecule has 1 fully saturated rings. The lowest BCUT2D eigenvalue weighted by Crippen LogP contribution is -2.49. The highest BCUT2D eigenvalue weighted by Crippen LogP contribution is 2.31. The highest BCUT2D eigenvalue weighted by molar-refractivity contribution is 7.89. The number of benzene rings is 2. The van der Waals surface area contributed by atoms with Gasteiger partial charge in [-0.25, -0.2) is 35.4 Å². The molecule has 7 nitrogen and oxygen atoms in total. The number of piperazine rings is 1. The van der Waals surface area contributed by atoms with Gasteiger partial charge < -0.3 is 14.4 Å². The van der Waals surface area contributed by atoms with Crippen LogP contribution in [0.15, 0.2) is 28.5 Å². The minimum Gasteiger partial charge on any atom is -0.497 e. The molecule has 0 amide bonds. The molecule has 14 heteroatoms. The monoisotopic (exact) mass is 549 g/mol. The molecule has 0 unspecified atom stereocenters. The van der Waals surface area contributed by atoms with Crippen LogP contribution in [-0.2, 0) is 16.4 Å². The van der Waals surface area contributed by atoms with E-state index in [9.17, 15) is 30.4 Å². The molecule has 1 aliphatic heterocycles. The minimum absolute atomic E-state index is 0.101. The van der Waals surface area contributed by atoms with Crippen LogP contribution in [-0.4, -0.2) is 58.1 Å². The van der Waals surface area contributed by atoms with Crippen LogP contribution in [0.25, 0.3) is 0 Å². The average molecular weight is 550 g/mol. The van der Waals surface area contributed by atoms with Crippen LogP contribution in [0.1, 0.15) is 11.3 Å². The van der Waals surface area contributed by atoms with Gasteiger partial charge in [-0.05, 0) is 18.2 Å².